The molecule has 0 saturated heterocycles. The Labute approximate surface area is 171 Å². The van der Waals surface area contributed by atoms with E-state index in [1.807, 2.05) is 41.4 Å². The first-order valence-corrected chi connectivity index (χ1v) is 9.44. The molecule has 0 fully saturated rings. The number of amides is 1. The predicted octanol–water partition coefficient (Wildman–Crippen LogP) is 3.92. The molecule has 2 unspecified atom stereocenters. The summed E-state index contributed by atoms with van der Waals surface area (Å²) in [4.78, 5) is 23.9. The molecule has 6 nitrogen and oxygen atoms in total. The van der Waals surface area contributed by atoms with Crippen LogP contribution in [0.5, 0.6) is 0 Å². The number of carbonyl (C=O) groups is 1. The zero-order valence-electron chi connectivity index (χ0n) is 15.1. The Balaban J connectivity index is 1.49. The van der Waals surface area contributed by atoms with Crippen molar-refractivity contribution in [2.24, 2.45) is 0 Å². The van der Waals surface area contributed by atoms with E-state index in [0.29, 0.717) is 27.8 Å². The average Bonchev–Trinajstić information content (AvgIpc) is 3.04. The summed E-state index contributed by atoms with van der Waals surface area (Å²) in [6.45, 7) is 0. The summed E-state index contributed by atoms with van der Waals surface area (Å²) < 4.78 is 0. The number of carbonyl (C=O) groups excluding carboxylic acids is 1. The van der Waals surface area contributed by atoms with Crippen LogP contribution in [0.25, 0.3) is 11.0 Å². The summed E-state index contributed by atoms with van der Waals surface area (Å²) in [7, 11) is 0. The smallest absolute Gasteiger partial charge is 0.257 e. The number of aromatic nitrogens is 2. The molecule has 0 spiro atoms. The fourth-order valence-electron chi connectivity index (χ4n) is 3.68. The van der Waals surface area contributed by atoms with E-state index in [1.54, 1.807) is 30.3 Å². The maximum atomic E-state index is 12.6. The third kappa shape index (κ3) is 2.84. The van der Waals surface area contributed by atoms with Gasteiger partial charge in [0.1, 0.15) is 11.6 Å². The molecule has 5 rings (SSSR count). The highest BCUT2D eigenvalue weighted by molar-refractivity contribution is 6.33. The molecule has 0 saturated carbocycles. The molecule has 1 N–H and O–H groups in total. The minimum atomic E-state index is -0.487. The number of halogens is 1. The van der Waals surface area contributed by atoms with Gasteiger partial charge in [-0.05, 0) is 36.4 Å². The Morgan fingerprint density at radius 2 is 1.83 bits per heavy atom. The molecule has 140 valence electrons. The van der Waals surface area contributed by atoms with E-state index in [1.165, 1.54) is 0 Å². The molecule has 3 aromatic rings. The number of hydrogen-bond donors (Lipinski definition) is 1. The topological polar surface area (TPSA) is 81.9 Å². The first kappa shape index (κ1) is 17.4. The van der Waals surface area contributed by atoms with Gasteiger partial charge in [-0.15, -0.1) is 0 Å². The van der Waals surface area contributed by atoms with Crippen molar-refractivity contribution in [1.82, 2.24) is 15.3 Å². The van der Waals surface area contributed by atoms with Crippen LogP contribution in [0.3, 0.4) is 0 Å². The van der Waals surface area contributed by atoms with Crippen molar-refractivity contribution in [1.29, 1.82) is 5.26 Å². The average molecular weight is 400 g/mol. The van der Waals surface area contributed by atoms with Crippen molar-refractivity contribution < 1.29 is 4.79 Å². The molecule has 7 heteroatoms. The van der Waals surface area contributed by atoms with E-state index in [9.17, 15) is 10.1 Å². The zero-order chi connectivity index (χ0) is 20.0. The zero-order valence-corrected chi connectivity index (χ0v) is 15.8. The van der Waals surface area contributed by atoms with E-state index in [-0.39, 0.29) is 11.9 Å². The van der Waals surface area contributed by atoms with E-state index in [4.69, 9.17) is 16.6 Å². The van der Waals surface area contributed by atoms with E-state index in [2.05, 4.69) is 16.4 Å². The molecule has 0 radical (unpaired) electrons. The van der Waals surface area contributed by atoms with Gasteiger partial charge in [0.05, 0.1) is 33.7 Å². The van der Waals surface area contributed by atoms with E-state index < -0.39 is 5.92 Å². The van der Waals surface area contributed by atoms with Crippen LogP contribution < -0.4 is 10.2 Å². The van der Waals surface area contributed by atoms with Gasteiger partial charge < -0.3 is 10.2 Å². The molecule has 0 bridgehead atoms. The SMILES string of the molecule is N#CC1c2nc3ccccc3nc2N2C=CC(NC(=O)c3ccccc3Cl)=CC12. The van der Waals surface area contributed by atoms with Crippen LogP contribution in [0, 0.1) is 11.3 Å². The van der Waals surface area contributed by atoms with E-state index in [0.717, 1.165) is 11.0 Å². The highest BCUT2D eigenvalue weighted by Crippen LogP contribution is 2.41. The lowest BCUT2D eigenvalue weighted by atomic mass is 9.98. The van der Waals surface area contributed by atoms with Gasteiger partial charge in [-0.3, -0.25) is 4.79 Å². The minimum absolute atomic E-state index is 0.293. The quantitative estimate of drug-likeness (QED) is 0.706. The van der Waals surface area contributed by atoms with Gasteiger partial charge in [0.15, 0.2) is 5.82 Å². The third-order valence-electron chi connectivity index (χ3n) is 5.06. The molecular weight excluding hydrogens is 386 g/mol. The van der Waals surface area contributed by atoms with Crippen molar-refractivity contribution in [3.05, 3.63) is 88.9 Å². The van der Waals surface area contributed by atoms with Crippen LogP contribution in [0.15, 0.2) is 72.6 Å². The number of rotatable bonds is 2. The summed E-state index contributed by atoms with van der Waals surface area (Å²) in [5.41, 5.74) is 3.18. The number of anilines is 1. The Morgan fingerprint density at radius 3 is 2.59 bits per heavy atom. The Kier molecular flexibility index (Phi) is 4.04. The van der Waals surface area contributed by atoms with Crippen LogP contribution in [0.4, 0.5) is 5.82 Å². The lowest BCUT2D eigenvalue weighted by molar-refractivity contribution is 0.0967. The van der Waals surface area contributed by atoms with Gasteiger partial charge in [0, 0.05) is 11.9 Å². The number of fused-ring (bicyclic) bond motifs is 4. The maximum Gasteiger partial charge on any atom is 0.257 e. The number of nitrogens with one attached hydrogen (secondary N) is 1. The largest absolute Gasteiger partial charge is 0.323 e. The number of nitriles is 1. The predicted molar refractivity (Wildman–Crippen MR) is 110 cm³/mol. The second-order valence-corrected chi connectivity index (χ2v) is 7.20. The molecule has 1 aromatic heterocycles. The maximum absolute atomic E-state index is 12.6. The van der Waals surface area contributed by atoms with Crippen LogP contribution in [-0.2, 0) is 0 Å². The van der Waals surface area contributed by atoms with Crippen LogP contribution >= 0.6 is 11.6 Å². The highest BCUT2D eigenvalue weighted by Gasteiger charge is 2.41. The third-order valence-corrected chi connectivity index (χ3v) is 5.39. The lowest BCUT2D eigenvalue weighted by Crippen LogP contribution is -2.33. The molecular formula is C22H14ClN5O. The van der Waals surface area contributed by atoms with Crippen LogP contribution in [0.1, 0.15) is 22.0 Å². The fraction of sp³-hybridized carbons (Fsp3) is 0.0909. The normalized spacial score (nSPS) is 19.3. The van der Waals surface area contributed by atoms with Gasteiger partial charge in [0.25, 0.3) is 5.91 Å². The minimum Gasteiger partial charge on any atom is -0.323 e. The summed E-state index contributed by atoms with van der Waals surface area (Å²) in [6, 6.07) is 16.5. The Morgan fingerprint density at radius 1 is 1.10 bits per heavy atom. The number of hydrogen-bond acceptors (Lipinski definition) is 5. The molecule has 0 aliphatic carbocycles. The molecule has 3 heterocycles. The van der Waals surface area contributed by atoms with Crippen molar-refractivity contribution in [2.75, 3.05) is 4.90 Å². The van der Waals surface area contributed by atoms with Crippen LogP contribution in [0.2, 0.25) is 5.02 Å². The van der Waals surface area contributed by atoms with Crippen molar-refractivity contribution in [3.8, 4) is 6.07 Å². The first-order chi connectivity index (χ1) is 14.2. The molecule has 2 aliphatic rings. The summed E-state index contributed by atoms with van der Waals surface area (Å²) >= 11 is 6.12. The van der Waals surface area contributed by atoms with Gasteiger partial charge >= 0.3 is 0 Å². The lowest BCUT2D eigenvalue weighted by Gasteiger charge is -2.25. The summed E-state index contributed by atoms with van der Waals surface area (Å²) in [5, 5.41) is 13.1. The summed E-state index contributed by atoms with van der Waals surface area (Å²) in [6.07, 6.45) is 5.47. The number of benzene rings is 2. The molecule has 2 atom stereocenters. The van der Waals surface area contributed by atoms with E-state index >= 15 is 0 Å². The van der Waals surface area contributed by atoms with Gasteiger partial charge in [-0.1, -0.05) is 35.9 Å². The highest BCUT2D eigenvalue weighted by atomic mass is 35.5. The van der Waals surface area contributed by atoms with Crippen molar-refractivity contribution >= 4 is 34.4 Å². The second kappa shape index (κ2) is 6.73. The number of para-hydroxylation sites is 2. The monoisotopic (exact) mass is 399 g/mol. The van der Waals surface area contributed by atoms with Crippen molar-refractivity contribution in [2.45, 2.75) is 12.0 Å². The standard InChI is InChI=1S/C22H14ClN5O/c23-16-6-2-1-5-14(16)22(29)25-13-9-10-28-19(11-13)15(12-24)20-21(28)27-18-8-4-3-7-17(18)26-20/h1-11,15,19H,(H,25,29). The molecule has 29 heavy (non-hydrogen) atoms. The second-order valence-electron chi connectivity index (χ2n) is 6.80. The van der Waals surface area contributed by atoms with Crippen molar-refractivity contribution in [3.63, 3.8) is 0 Å². The Hall–Kier alpha value is -3.69. The summed E-state index contributed by atoms with van der Waals surface area (Å²) in [5.74, 6) is -0.116. The fourth-order valence-corrected chi connectivity index (χ4v) is 3.90. The van der Waals surface area contributed by atoms with Gasteiger partial charge in [0.2, 0.25) is 0 Å². The Bertz CT molecular complexity index is 1260. The van der Waals surface area contributed by atoms with Gasteiger partial charge in [-0.2, -0.15) is 5.26 Å². The molecule has 2 aromatic carbocycles. The number of nitrogens with zero attached hydrogens (tertiary/aromatic N) is 4. The molecule has 2 aliphatic heterocycles. The van der Waals surface area contributed by atoms with Gasteiger partial charge in [-0.25, -0.2) is 9.97 Å². The molecule has 1 amide bonds. The van der Waals surface area contributed by atoms with Crippen LogP contribution in [-0.4, -0.2) is 21.9 Å². The first-order valence-electron chi connectivity index (χ1n) is 9.06. The number of allylic oxidation sites excluding steroid dienone is 1.